The molecule has 25 heavy (non-hydrogen) atoms. The maximum absolute atomic E-state index is 12.1. The monoisotopic (exact) mass is 479 g/mol. The summed E-state index contributed by atoms with van der Waals surface area (Å²) >= 11 is 0. The zero-order valence-electron chi connectivity index (χ0n) is 16.4. The van der Waals surface area contributed by atoms with Gasteiger partial charge in [-0.1, -0.05) is 31.2 Å². The second-order valence-corrected chi connectivity index (χ2v) is 9.21. The van der Waals surface area contributed by atoms with E-state index in [0.29, 0.717) is 12.3 Å². The summed E-state index contributed by atoms with van der Waals surface area (Å²) in [6.07, 6.45) is 1.05. The van der Waals surface area contributed by atoms with Crippen LogP contribution in [0.2, 0.25) is 0 Å². The van der Waals surface area contributed by atoms with Crippen molar-refractivity contribution in [3.05, 3.63) is 35.4 Å². The molecule has 0 saturated carbocycles. The third-order valence-corrected chi connectivity index (χ3v) is 5.73. The van der Waals surface area contributed by atoms with Gasteiger partial charge in [0.2, 0.25) is 0 Å². The van der Waals surface area contributed by atoms with Gasteiger partial charge in [0.15, 0.2) is 5.96 Å². The average Bonchev–Trinajstić information content (AvgIpc) is 2.54. The van der Waals surface area contributed by atoms with Crippen molar-refractivity contribution in [1.82, 2.24) is 10.6 Å². The maximum Gasteiger partial charge on any atom is 0.191 e. The van der Waals surface area contributed by atoms with Crippen LogP contribution in [0, 0.1) is 0 Å². The molecule has 0 saturated heterocycles. The molecule has 0 bridgehead atoms. The summed E-state index contributed by atoms with van der Waals surface area (Å²) in [5.74, 6) is 1.36. The van der Waals surface area contributed by atoms with Crippen LogP contribution in [0.3, 0.4) is 0 Å². The van der Waals surface area contributed by atoms with Crippen molar-refractivity contribution in [2.24, 2.45) is 4.99 Å². The molecule has 0 aromatic heterocycles. The maximum atomic E-state index is 12.1. The molecule has 4 nitrogen and oxygen atoms in total. The first-order valence-corrected chi connectivity index (χ1v) is 10.1. The van der Waals surface area contributed by atoms with Crippen LogP contribution < -0.4 is 10.6 Å². The predicted octanol–water partition coefficient (Wildman–Crippen LogP) is 4.03. The fourth-order valence-corrected chi connectivity index (χ4v) is 3.07. The average molecular weight is 479 g/mol. The number of rotatable bonds is 7. The summed E-state index contributed by atoms with van der Waals surface area (Å²) < 4.78 is 11.9. The van der Waals surface area contributed by atoms with Gasteiger partial charge in [-0.2, -0.15) is 0 Å². The molecular weight excluding hydrogens is 445 g/mol. The van der Waals surface area contributed by atoms with E-state index in [2.05, 4.69) is 53.7 Å². The van der Waals surface area contributed by atoms with Gasteiger partial charge in [-0.25, -0.2) is 0 Å². The Morgan fingerprint density at radius 1 is 1.20 bits per heavy atom. The van der Waals surface area contributed by atoms with E-state index in [-0.39, 0.29) is 34.8 Å². The van der Waals surface area contributed by atoms with Crippen molar-refractivity contribution < 1.29 is 4.21 Å². The Labute approximate surface area is 173 Å². The Morgan fingerprint density at radius 3 is 2.28 bits per heavy atom. The van der Waals surface area contributed by atoms with Crippen LogP contribution in [-0.4, -0.2) is 33.8 Å². The first-order chi connectivity index (χ1) is 11.3. The minimum Gasteiger partial charge on any atom is -0.357 e. The van der Waals surface area contributed by atoms with Gasteiger partial charge < -0.3 is 10.6 Å². The van der Waals surface area contributed by atoms with Gasteiger partial charge in [0, 0.05) is 27.8 Å². The molecule has 144 valence electrons. The fraction of sp³-hybridized carbons (Fsp3) is 0.632. The normalized spacial score (nSPS) is 14.4. The Hall–Kier alpha value is -0.630. The van der Waals surface area contributed by atoms with Gasteiger partial charge in [0.05, 0.1) is 12.6 Å². The van der Waals surface area contributed by atoms with Gasteiger partial charge in [-0.05, 0) is 52.2 Å². The van der Waals surface area contributed by atoms with E-state index < -0.39 is 10.8 Å². The van der Waals surface area contributed by atoms with Crippen molar-refractivity contribution >= 4 is 40.7 Å². The summed E-state index contributed by atoms with van der Waals surface area (Å²) in [4.78, 5) is 4.57. The summed E-state index contributed by atoms with van der Waals surface area (Å²) in [6.45, 7) is 13.7. The van der Waals surface area contributed by atoms with E-state index in [0.717, 1.165) is 18.9 Å². The molecule has 2 atom stereocenters. The number of aryl methyl sites for hydroxylation is 1. The molecule has 0 aliphatic carbocycles. The first-order valence-electron chi connectivity index (χ1n) is 8.80. The highest BCUT2D eigenvalue weighted by atomic mass is 127. The number of nitrogens with zero attached hydrogens (tertiary/aromatic N) is 1. The minimum atomic E-state index is -0.873. The van der Waals surface area contributed by atoms with Crippen molar-refractivity contribution in [2.45, 2.75) is 58.8 Å². The minimum absolute atomic E-state index is 0. The zero-order valence-corrected chi connectivity index (χ0v) is 19.5. The van der Waals surface area contributed by atoms with Crippen LogP contribution in [0.4, 0.5) is 0 Å². The molecule has 1 aromatic carbocycles. The molecule has 2 unspecified atom stereocenters. The lowest BCUT2D eigenvalue weighted by Crippen LogP contribution is -2.39. The topological polar surface area (TPSA) is 53.5 Å². The van der Waals surface area contributed by atoms with E-state index in [1.807, 2.05) is 27.7 Å². The van der Waals surface area contributed by atoms with Crippen LogP contribution in [0.25, 0.3) is 0 Å². The van der Waals surface area contributed by atoms with E-state index >= 15 is 0 Å². The number of benzene rings is 1. The number of guanidine groups is 1. The summed E-state index contributed by atoms with van der Waals surface area (Å²) in [6, 6.07) is 8.83. The van der Waals surface area contributed by atoms with Crippen LogP contribution in [0.1, 0.15) is 58.7 Å². The third-order valence-electron chi connectivity index (χ3n) is 3.82. The fourth-order valence-electron chi connectivity index (χ4n) is 2.20. The van der Waals surface area contributed by atoms with Gasteiger partial charge in [-0.3, -0.25) is 9.20 Å². The smallest absolute Gasteiger partial charge is 0.191 e. The third kappa shape index (κ3) is 9.03. The van der Waals surface area contributed by atoms with Crippen molar-refractivity contribution in [3.8, 4) is 0 Å². The highest BCUT2D eigenvalue weighted by Gasteiger charge is 2.18. The Morgan fingerprint density at radius 2 is 1.80 bits per heavy atom. The molecule has 1 aromatic rings. The molecule has 0 radical (unpaired) electrons. The highest BCUT2D eigenvalue weighted by Crippen LogP contribution is 2.14. The first kappa shape index (κ1) is 24.4. The van der Waals surface area contributed by atoms with Crippen LogP contribution in [-0.2, 0) is 17.2 Å². The summed E-state index contributed by atoms with van der Waals surface area (Å²) in [5, 5.41) is 6.68. The van der Waals surface area contributed by atoms with E-state index in [1.54, 1.807) is 0 Å². The second kappa shape index (κ2) is 11.9. The van der Waals surface area contributed by atoms with Crippen LogP contribution in [0.5, 0.6) is 0 Å². The van der Waals surface area contributed by atoms with Gasteiger partial charge >= 0.3 is 0 Å². The molecule has 0 aliphatic heterocycles. The molecule has 0 spiro atoms. The molecule has 0 aliphatic rings. The number of nitrogens with one attached hydrogen (secondary N) is 2. The van der Waals surface area contributed by atoms with Crippen molar-refractivity contribution in [1.29, 1.82) is 0 Å². The van der Waals surface area contributed by atoms with E-state index in [9.17, 15) is 4.21 Å². The molecule has 0 amide bonds. The zero-order chi connectivity index (χ0) is 18.2. The summed E-state index contributed by atoms with van der Waals surface area (Å²) in [5.41, 5.74) is 2.58. The quantitative estimate of drug-likeness (QED) is 0.353. The lowest BCUT2D eigenvalue weighted by molar-refractivity contribution is 0.648. The number of hydrogen-bond donors (Lipinski definition) is 2. The van der Waals surface area contributed by atoms with E-state index in [1.165, 1.54) is 11.1 Å². The lowest BCUT2D eigenvalue weighted by Gasteiger charge is -2.19. The van der Waals surface area contributed by atoms with Crippen molar-refractivity contribution in [3.63, 3.8) is 0 Å². The predicted molar refractivity (Wildman–Crippen MR) is 122 cm³/mol. The van der Waals surface area contributed by atoms with Gasteiger partial charge in [0.1, 0.15) is 0 Å². The number of hydrogen-bond acceptors (Lipinski definition) is 2. The molecule has 0 fully saturated rings. The molecular formula is C19H34IN3OS. The highest BCUT2D eigenvalue weighted by molar-refractivity contribution is 14.0. The van der Waals surface area contributed by atoms with Crippen LogP contribution in [0.15, 0.2) is 29.3 Å². The Kier molecular flexibility index (Phi) is 11.6. The SMILES string of the molecule is CCNC(=NCCS(=O)C(C)(C)C)NC(C)c1ccc(CC)cc1.I. The lowest BCUT2D eigenvalue weighted by atomic mass is 10.1. The number of halogens is 1. The largest absolute Gasteiger partial charge is 0.357 e. The summed E-state index contributed by atoms with van der Waals surface area (Å²) in [7, 11) is -0.873. The molecule has 6 heteroatoms. The molecule has 0 heterocycles. The van der Waals surface area contributed by atoms with Crippen LogP contribution >= 0.6 is 24.0 Å². The second-order valence-electron chi connectivity index (χ2n) is 6.88. The Balaban J connectivity index is 0.00000576. The van der Waals surface area contributed by atoms with Crippen molar-refractivity contribution in [2.75, 3.05) is 18.8 Å². The molecule has 1 rings (SSSR count). The van der Waals surface area contributed by atoms with E-state index in [4.69, 9.17) is 0 Å². The van der Waals surface area contributed by atoms with Gasteiger partial charge in [0.25, 0.3) is 0 Å². The Bertz CT molecular complexity index is 553. The molecule has 2 N–H and O–H groups in total. The standard InChI is InChI=1S/C19H33N3OS.HI/c1-7-16-9-11-17(12-10-16)15(3)22-18(20-8-2)21-13-14-24(23)19(4,5)6;/h9-12,15H,7-8,13-14H2,1-6H3,(H2,20,21,22);1H. The number of aliphatic imine (C=N–C) groups is 1. The van der Waals surface area contributed by atoms with Gasteiger partial charge in [-0.15, -0.1) is 24.0 Å².